The van der Waals surface area contributed by atoms with E-state index in [0.29, 0.717) is 5.92 Å². The maximum Gasteiger partial charge on any atom is 0.145 e. The van der Waals surface area contributed by atoms with Crippen LogP contribution in [0.2, 0.25) is 0 Å². The van der Waals surface area contributed by atoms with Gasteiger partial charge in [-0.25, -0.2) is 4.98 Å². The molecule has 0 saturated carbocycles. The highest BCUT2D eigenvalue weighted by Crippen LogP contribution is 2.49. The second kappa shape index (κ2) is 16.2. The molecule has 1 aliphatic rings. The Kier molecular flexibility index (Phi) is 9.28. The average molecular weight is 891 g/mol. The molecule has 2 nitrogen and oxygen atoms in total. The minimum absolute atomic E-state index is 0.454. The highest BCUT2D eigenvalue weighted by atomic mass is 15.1. The molecule has 0 amide bonds. The van der Waals surface area contributed by atoms with Crippen molar-refractivity contribution in [2.45, 2.75) is 13.3 Å². The molecule has 1 heterocycles. The zero-order valence-electron chi connectivity index (χ0n) is 38.8. The van der Waals surface area contributed by atoms with Gasteiger partial charge in [0, 0.05) is 11.3 Å². The Hall–Kier alpha value is -8.85. The van der Waals surface area contributed by atoms with Crippen LogP contribution in [0.25, 0.3) is 137 Å². The first-order valence-corrected chi connectivity index (χ1v) is 24.5. The molecule has 0 radical (unpaired) electrons. The lowest BCUT2D eigenvalue weighted by Gasteiger charge is -2.21. The summed E-state index contributed by atoms with van der Waals surface area (Å²) in [6.45, 7) is 2.29. The third-order valence-electron chi connectivity index (χ3n) is 14.8. The summed E-state index contributed by atoms with van der Waals surface area (Å²) in [6.07, 6.45) is 7.97. The summed E-state index contributed by atoms with van der Waals surface area (Å²) in [5, 5.41) is 14.8. The van der Waals surface area contributed by atoms with Crippen molar-refractivity contribution in [3.63, 3.8) is 0 Å². The van der Waals surface area contributed by atoms with E-state index >= 15 is 0 Å². The van der Waals surface area contributed by atoms with Gasteiger partial charge in [-0.1, -0.05) is 207 Å². The number of aromatic nitrogens is 2. The molecule has 1 unspecified atom stereocenters. The molecule has 2 heteroatoms. The van der Waals surface area contributed by atoms with E-state index < -0.39 is 0 Å². The Balaban J connectivity index is 1.02. The van der Waals surface area contributed by atoms with Crippen LogP contribution in [-0.4, -0.2) is 9.55 Å². The van der Waals surface area contributed by atoms with Gasteiger partial charge in [0.2, 0.25) is 0 Å². The molecule has 0 aliphatic heterocycles. The van der Waals surface area contributed by atoms with Crippen molar-refractivity contribution >= 4 is 81.4 Å². The zero-order valence-corrected chi connectivity index (χ0v) is 38.8. The van der Waals surface area contributed by atoms with Gasteiger partial charge in [0.15, 0.2) is 0 Å². The summed E-state index contributed by atoms with van der Waals surface area (Å²) in [5.41, 5.74) is 14.1. The SMILES string of the molecule is CC1C=C(n2c(-c3cccc(-c4c5ccccc5c(-c5ccc6c(-c7ccc8ccccc8c7)c7ccccc7c(-c7ccc8ccccc8c7)c6c5)c5ccccc45)c3)nc3ccccc32)C=CC1. The van der Waals surface area contributed by atoms with E-state index in [1.807, 2.05) is 0 Å². The topological polar surface area (TPSA) is 17.8 Å². The van der Waals surface area contributed by atoms with Crippen LogP contribution in [-0.2, 0) is 0 Å². The number of para-hydroxylation sites is 2. The Morgan fingerprint density at radius 2 is 0.814 bits per heavy atom. The number of hydrogen-bond donors (Lipinski definition) is 0. The van der Waals surface area contributed by atoms with Gasteiger partial charge in [0.05, 0.1) is 11.0 Å². The molecule has 70 heavy (non-hydrogen) atoms. The van der Waals surface area contributed by atoms with E-state index in [1.165, 1.54) is 115 Å². The van der Waals surface area contributed by atoms with Crippen molar-refractivity contribution in [1.29, 1.82) is 0 Å². The standard InChI is InChI=1S/C68H46N2/c1-43-16-14-23-53(38-43)70-63-31-13-12-30-62(63)69-68(70)52-22-15-21-48(41-52)64-54-24-6-8-26-56(54)66(57-27-9-7-25-55(57)64)51-36-37-60-61(42-51)67(50-35-33-45-18-3-5-20-47(45)40-50)59-29-11-10-28-58(59)65(60)49-34-32-44-17-2-4-19-46(44)39-49/h2-15,17-43H,16H2,1H3. The number of rotatable bonds is 6. The van der Waals surface area contributed by atoms with Gasteiger partial charge in [0.25, 0.3) is 0 Å². The molecule has 0 spiro atoms. The molecule has 12 aromatic carbocycles. The van der Waals surface area contributed by atoms with Crippen LogP contribution in [0.15, 0.2) is 243 Å². The van der Waals surface area contributed by atoms with Crippen LogP contribution in [0.3, 0.4) is 0 Å². The van der Waals surface area contributed by atoms with Crippen LogP contribution in [0, 0.1) is 5.92 Å². The van der Waals surface area contributed by atoms with Crippen LogP contribution in [0.1, 0.15) is 13.3 Å². The fourth-order valence-electron chi connectivity index (χ4n) is 11.7. The second-order valence-electron chi connectivity index (χ2n) is 19.1. The smallest absolute Gasteiger partial charge is 0.145 e. The zero-order chi connectivity index (χ0) is 46.3. The average Bonchev–Trinajstić information content (AvgIpc) is 3.81. The van der Waals surface area contributed by atoms with Crippen LogP contribution >= 0.6 is 0 Å². The number of hydrogen-bond acceptors (Lipinski definition) is 1. The first kappa shape index (κ1) is 40.2. The predicted octanol–water partition coefficient (Wildman–Crippen LogP) is 18.7. The van der Waals surface area contributed by atoms with Gasteiger partial charge in [-0.3, -0.25) is 4.57 Å². The normalized spacial score (nSPS) is 13.9. The van der Waals surface area contributed by atoms with E-state index in [2.05, 4.69) is 254 Å². The van der Waals surface area contributed by atoms with Gasteiger partial charge < -0.3 is 0 Å². The van der Waals surface area contributed by atoms with Crippen LogP contribution < -0.4 is 0 Å². The van der Waals surface area contributed by atoms with E-state index in [9.17, 15) is 0 Å². The van der Waals surface area contributed by atoms with Gasteiger partial charge in [-0.05, 0) is 164 Å². The number of benzene rings is 12. The largest absolute Gasteiger partial charge is 0.293 e. The third-order valence-corrected chi connectivity index (χ3v) is 14.8. The number of fused-ring (bicyclic) bond motifs is 7. The molecule has 0 fully saturated rings. The lowest BCUT2D eigenvalue weighted by molar-refractivity contribution is 0.734. The predicted molar refractivity (Wildman–Crippen MR) is 299 cm³/mol. The fraction of sp³-hybridized carbons (Fsp3) is 0.0441. The van der Waals surface area contributed by atoms with Crippen molar-refractivity contribution < 1.29 is 0 Å². The number of imidazole rings is 1. The fourth-order valence-corrected chi connectivity index (χ4v) is 11.7. The van der Waals surface area contributed by atoms with Crippen LogP contribution in [0.4, 0.5) is 0 Å². The highest BCUT2D eigenvalue weighted by molar-refractivity contribution is 6.25. The molecule has 0 N–H and O–H groups in total. The monoisotopic (exact) mass is 890 g/mol. The van der Waals surface area contributed by atoms with E-state index in [-0.39, 0.29) is 0 Å². The molecule has 1 atom stereocenters. The van der Waals surface area contributed by atoms with Gasteiger partial charge in [-0.2, -0.15) is 0 Å². The van der Waals surface area contributed by atoms with Crippen molar-refractivity contribution in [3.05, 3.63) is 243 Å². The minimum atomic E-state index is 0.454. The lowest BCUT2D eigenvalue weighted by atomic mass is 9.82. The summed E-state index contributed by atoms with van der Waals surface area (Å²) >= 11 is 0. The molecule has 0 saturated heterocycles. The van der Waals surface area contributed by atoms with E-state index in [1.54, 1.807) is 0 Å². The number of nitrogens with zero attached hydrogens (tertiary/aromatic N) is 2. The molecule has 1 aliphatic carbocycles. The van der Waals surface area contributed by atoms with E-state index in [4.69, 9.17) is 4.98 Å². The van der Waals surface area contributed by atoms with E-state index in [0.717, 1.165) is 28.8 Å². The van der Waals surface area contributed by atoms with Crippen molar-refractivity contribution in [2.75, 3.05) is 0 Å². The molecular weight excluding hydrogens is 845 g/mol. The summed E-state index contributed by atoms with van der Waals surface area (Å²) in [6, 6.07) is 83.2. The Morgan fingerprint density at radius 3 is 1.39 bits per heavy atom. The lowest BCUT2D eigenvalue weighted by Crippen LogP contribution is -2.03. The quantitative estimate of drug-likeness (QED) is 0.152. The third kappa shape index (κ3) is 6.45. The highest BCUT2D eigenvalue weighted by Gasteiger charge is 2.23. The van der Waals surface area contributed by atoms with Gasteiger partial charge >= 0.3 is 0 Å². The van der Waals surface area contributed by atoms with Crippen molar-refractivity contribution in [2.24, 2.45) is 5.92 Å². The molecule has 1 aromatic heterocycles. The summed E-state index contributed by atoms with van der Waals surface area (Å²) in [4.78, 5) is 5.31. The van der Waals surface area contributed by atoms with Crippen molar-refractivity contribution in [1.82, 2.24) is 9.55 Å². The Morgan fingerprint density at radius 1 is 0.371 bits per heavy atom. The van der Waals surface area contributed by atoms with Crippen LogP contribution in [0.5, 0.6) is 0 Å². The molecule has 14 rings (SSSR count). The summed E-state index contributed by atoms with van der Waals surface area (Å²) in [7, 11) is 0. The first-order chi connectivity index (χ1) is 34.6. The minimum Gasteiger partial charge on any atom is -0.293 e. The molecule has 0 bridgehead atoms. The summed E-state index contributed by atoms with van der Waals surface area (Å²) in [5.74, 6) is 1.41. The summed E-state index contributed by atoms with van der Waals surface area (Å²) < 4.78 is 2.35. The Labute approximate surface area is 406 Å². The Bertz CT molecular complexity index is 4300. The number of allylic oxidation sites excluding steroid dienone is 4. The molecule has 328 valence electrons. The maximum absolute atomic E-state index is 5.31. The van der Waals surface area contributed by atoms with Gasteiger partial charge in [-0.15, -0.1) is 0 Å². The van der Waals surface area contributed by atoms with Crippen molar-refractivity contribution in [3.8, 4) is 55.9 Å². The maximum atomic E-state index is 5.31. The molecule has 13 aromatic rings. The molecular formula is C68H46N2. The van der Waals surface area contributed by atoms with Gasteiger partial charge in [0.1, 0.15) is 5.82 Å². The second-order valence-corrected chi connectivity index (χ2v) is 19.1. The first-order valence-electron chi connectivity index (χ1n) is 24.5.